The van der Waals surface area contributed by atoms with Crippen molar-refractivity contribution in [2.24, 2.45) is 0 Å². The summed E-state index contributed by atoms with van der Waals surface area (Å²) in [6.07, 6.45) is 2.99. The Hall–Kier alpha value is -1.94. The molecule has 0 bridgehead atoms. The van der Waals surface area contributed by atoms with Crippen molar-refractivity contribution in [3.63, 3.8) is 0 Å². The number of halogens is 2. The predicted octanol–water partition coefficient (Wildman–Crippen LogP) is 4.48. The van der Waals surface area contributed by atoms with E-state index >= 15 is 0 Å². The first-order valence-corrected chi connectivity index (χ1v) is 7.34. The van der Waals surface area contributed by atoms with E-state index in [9.17, 15) is 9.18 Å². The average molecular weight is 348 g/mol. The van der Waals surface area contributed by atoms with Gasteiger partial charge in [0.05, 0.1) is 6.04 Å². The summed E-state index contributed by atoms with van der Waals surface area (Å²) in [4.78, 5) is 11.9. The number of benzene rings is 2. The fourth-order valence-corrected chi connectivity index (χ4v) is 2.58. The van der Waals surface area contributed by atoms with E-state index in [1.165, 1.54) is 18.2 Å². The van der Waals surface area contributed by atoms with Gasteiger partial charge < -0.3 is 5.32 Å². The minimum atomic E-state index is -0.320. The Morgan fingerprint density at radius 3 is 2.71 bits per heavy atom. The second-order valence-electron chi connectivity index (χ2n) is 4.64. The first kappa shape index (κ1) is 15.4. The summed E-state index contributed by atoms with van der Waals surface area (Å²) in [7, 11) is 0. The van der Waals surface area contributed by atoms with Crippen LogP contribution in [-0.4, -0.2) is 5.91 Å². The summed E-state index contributed by atoms with van der Waals surface area (Å²) in [6, 6.07) is 13.7. The average Bonchev–Trinajstić information content (AvgIpc) is 2.45. The molecule has 2 nitrogen and oxygen atoms in total. The number of carbonyl (C=O) groups is 1. The third-order valence-electron chi connectivity index (χ3n) is 3.01. The summed E-state index contributed by atoms with van der Waals surface area (Å²) in [6.45, 7) is 1.91. The predicted molar refractivity (Wildman–Crippen MR) is 86.1 cm³/mol. The lowest BCUT2D eigenvalue weighted by Gasteiger charge is -2.14. The van der Waals surface area contributed by atoms with Gasteiger partial charge >= 0.3 is 0 Å². The monoisotopic (exact) mass is 347 g/mol. The molecule has 2 rings (SSSR count). The van der Waals surface area contributed by atoms with Crippen LogP contribution in [0.1, 0.15) is 24.1 Å². The molecule has 1 amide bonds. The van der Waals surface area contributed by atoms with Crippen LogP contribution in [0.2, 0.25) is 0 Å². The molecule has 21 heavy (non-hydrogen) atoms. The molecule has 0 spiro atoms. The van der Waals surface area contributed by atoms with Crippen LogP contribution in [0.3, 0.4) is 0 Å². The van der Waals surface area contributed by atoms with Crippen LogP contribution in [0.15, 0.2) is 59.1 Å². The second-order valence-corrected chi connectivity index (χ2v) is 5.49. The minimum absolute atomic E-state index is 0.120. The lowest BCUT2D eigenvalue weighted by atomic mass is 10.1. The zero-order valence-corrected chi connectivity index (χ0v) is 13.1. The van der Waals surface area contributed by atoms with E-state index in [0.717, 1.165) is 10.0 Å². The molecular weight excluding hydrogens is 333 g/mol. The Balaban J connectivity index is 2.00. The molecule has 0 saturated heterocycles. The minimum Gasteiger partial charge on any atom is -0.346 e. The summed E-state index contributed by atoms with van der Waals surface area (Å²) >= 11 is 3.46. The fourth-order valence-electron chi connectivity index (χ4n) is 1.95. The molecule has 0 saturated carbocycles. The van der Waals surface area contributed by atoms with Crippen LogP contribution < -0.4 is 5.32 Å². The highest BCUT2D eigenvalue weighted by molar-refractivity contribution is 9.10. The van der Waals surface area contributed by atoms with E-state index < -0.39 is 0 Å². The molecule has 108 valence electrons. The second kappa shape index (κ2) is 7.18. The largest absolute Gasteiger partial charge is 0.346 e. The third kappa shape index (κ3) is 4.53. The number of carbonyl (C=O) groups excluding carboxylic acids is 1. The molecule has 0 fully saturated rings. The number of amides is 1. The standard InChI is InChI=1S/C17H15BrFNO/c1-12(15-7-2-3-8-16(15)18)20-17(21)10-9-13-5-4-6-14(19)11-13/h2-12H,1H3,(H,20,21)/b10-9+/t12-/m0/s1. The summed E-state index contributed by atoms with van der Waals surface area (Å²) in [5, 5.41) is 2.87. The lowest BCUT2D eigenvalue weighted by Crippen LogP contribution is -2.24. The van der Waals surface area contributed by atoms with E-state index in [4.69, 9.17) is 0 Å². The van der Waals surface area contributed by atoms with Gasteiger partial charge in [0.25, 0.3) is 0 Å². The Labute approximate surface area is 131 Å². The van der Waals surface area contributed by atoms with Crippen LogP contribution in [0.25, 0.3) is 6.08 Å². The van der Waals surface area contributed by atoms with Gasteiger partial charge in [0, 0.05) is 10.5 Å². The smallest absolute Gasteiger partial charge is 0.244 e. The van der Waals surface area contributed by atoms with Crippen LogP contribution in [0.5, 0.6) is 0 Å². The van der Waals surface area contributed by atoms with Crippen molar-refractivity contribution in [1.82, 2.24) is 5.32 Å². The number of rotatable bonds is 4. The van der Waals surface area contributed by atoms with Gasteiger partial charge in [-0.1, -0.05) is 46.3 Å². The molecular formula is C17H15BrFNO. The Kier molecular flexibility index (Phi) is 5.28. The van der Waals surface area contributed by atoms with Crippen molar-refractivity contribution < 1.29 is 9.18 Å². The molecule has 4 heteroatoms. The molecule has 0 aliphatic carbocycles. The van der Waals surface area contributed by atoms with E-state index in [0.29, 0.717) is 5.56 Å². The van der Waals surface area contributed by atoms with Gasteiger partial charge in [-0.2, -0.15) is 0 Å². The molecule has 2 aromatic carbocycles. The molecule has 1 N–H and O–H groups in total. The summed E-state index contributed by atoms with van der Waals surface area (Å²) in [5.41, 5.74) is 1.66. The van der Waals surface area contributed by atoms with Gasteiger partial charge in [-0.25, -0.2) is 4.39 Å². The number of nitrogens with one attached hydrogen (secondary N) is 1. The number of hydrogen-bond acceptors (Lipinski definition) is 1. The molecule has 0 aromatic heterocycles. The molecule has 0 aliphatic heterocycles. The zero-order chi connectivity index (χ0) is 15.2. The van der Waals surface area contributed by atoms with Gasteiger partial charge in [-0.05, 0) is 42.3 Å². The van der Waals surface area contributed by atoms with E-state index in [-0.39, 0.29) is 17.8 Å². The maximum atomic E-state index is 13.0. The van der Waals surface area contributed by atoms with Crippen molar-refractivity contribution in [3.8, 4) is 0 Å². The zero-order valence-electron chi connectivity index (χ0n) is 11.5. The fraction of sp³-hybridized carbons (Fsp3) is 0.118. The Bertz CT molecular complexity index is 669. The highest BCUT2D eigenvalue weighted by Gasteiger charge is 2.10. The van der Waals surface area contributed by atoms with Crippen molar-refractivity contribution in [2.45, 2.75) is 13.0 Å². The normalized spacial score (nSPS) is 12.3. The maximum absolute atomic E-state index is 13.0. The number of hydrogen-bond donors (Lipinski definition) is 1. The summed E-state index contributed by atoms with van der Waals surface area (Å²) < 4.78 is 14.0. The van der Waals surface area contributed by atoms with Gasteiger partial charge in [0.2, 0.25) is 5.91 Å². The van der Waals surface area contributed by atoms with Crippen molar-refractivity contribution in [3.05, 3.63) is 76.0 Å². The third-order valence-corrected chi connectivity index (χ3v) is 3.73. The molecule has 0 radical (unpaired) electrons. The molecule has 2 aromatic rings. The van der Waals surface area contributed by atoms with E-state index in [1.54, 1.807) is 18.2 Å². The van der Waals surface area contributed by atoms with E-state index in [2.05, 4.69) is 21.2 Å². The molecule has 1 atom stereocenters. The van der Waals surface area contributed by atoms with Crippen LogP contribution in [0, 0.1) is 5.82 Å². The van der Waals surface area contributed by atoms with Crippen molar-refractivity contribution in [1.29, 1.82) is 0 Å². The Morgan fingerprint density at radius 2 is 2.00 bits per heavy atom. The Morgan fingerprint density at radius 1 is 1.24 bits per heavy atom. The van der Waals surface area contributed by atoms with Gasteiger partial charge in [-0.3, -0.25) is 4.79 Å². The molecule has 0 heterocycles. The highest BCUT2D eigenvalue weighted by atomic mass is 79.9. The van der Waals surface area contributed by atoms with Gasteiger partial charge in [0.1, 0.15) is 5.82 Å². The van der Waals surface area contributed by atoms with Crippen LogP contribution in [0.4, 0.5) is 4.39 Å². The van der Waals surface area contributed by atoms with Gasteiger partial charge in [0.15, 0.2) is 0 Å². The first-order valence-electron chi connectivity index (χ1n) is 6.55. The molecule has 0 unspecified atom stereocenters. The van der Waals surface area contributed by atoms with E-state index in [1.807, 2.05) is 31.2 Å². The van der Waals surface area contributed by atoms with Crippen LogP contribution in [-0.2, 0) is 4.79 Å². The van der Waals surface area contributed by atoms with Crippen molar-refractivity contribution >= 4 is 27.9 Å². The first-order chi connectivity index (χ1) is 10.1. The topological polar surface area (TPSA) is 29.1 Å². The molecule has 0 aliphatic rings. The maximum Gasteiger partial charge on any atom is 0.244 e. The highest BCUT2D eigenvalue weighted by Crippen LogP contribution is 2.22. The quantitative estimate of drug-likeness (QED) is 0.811. The van der Waals surface area contributed by atoms with Crippen molar-refractivity contribution in [2.75, 3.05) is 0 Å². The van der Waals surface area contributed by atoms with Crippen LogP contribution >= 0.6 is 15.9 Å². The SMILES string of the molecule is C[C@H](NC(=O)/C=C/c1cccc(F)c1)c1ccccc1Br. The lowest BCUT2D eigenvalue weighted by molar-refractivity contribution is -0.117. The summed E-state index contributed by atoms with van der Waals surface area (Å²) in [5.74, 6) is -0.540. The van der Waals surface area contributed by atoms with Gasteiger partial charge in [-0.15, -0.1) is 0 Å².